The van der Waals surface area contributed by atoms with E-state index in [0.29, 0.717) is 11.6 Å². The van der Waals surface area contributed by atoms with Gasteiger partial charge in [-0.3, -0.25) is 4.79 Å². The third-order valence-corrected chi connectivity index (χ3v) is 5.80. The fourth-order valence-corrected chi connectivity index (χ4v) is 3.89. The molecule has 1 amide bonds. The highest BCUT2D eigenvalue weighted by Crippen LogP contribution is 2.26. The number of nitrogens with zero attached hydrogens (tertiary/aromatic N) is 4. The lowest BCUT2D eigenvalue weighted by Gasteiger charge is -2.30. The van der Waals surface area contributed by atoms with Gasteiger partial charge in [-0.1, -0.05) is 19.1 Å². The van der Waals surface area contributed by atoms with E-state index >= 15 is 0 Å². The molecule has 2 aromatic heterocycles. The molecule has 0 saturated carbocycles. The number of likely N-dealkylation sites (tertiary alicyclic amines) is 1. The Bertz CT molecular complexity index is 1010. The van der Waals surface area contributed by atoms with Gasteiger partial charge >= 0.3 is 0 Å². The third kappa shape index (κ3) is 3.37. The number of benzene rings is 1. The molecule has 3 heterocycles. The molecule has 1 aliphatic rings. The van der Waals surface area contributed by atoms with Gasteiger partial charge in [0.25, 0.3) is 5.91 Å². The SMILES string of the molecule is Cc1ccc(C)c(-n2nc(-c3cccn3C)cc2C(=O)N2CCC(C)CC2)c1. The molecule has 0 spiro atoms. The fraction of sp³-hybridized carbons (Fsp3) is 0.391. The van der Waals surface area contributed by atoms with Gasteiger partial charge in [-0.25, -0.2) is 4.68 Å². The molecule has 3 aromatic rings. The van der Waals surface area contributed by atoms with Crippen molar-refractivity contribution in [3.8, 4) is 17.1 Å². The summed E-state index contributed by atoms with van der Waals surface area (Å²) in [5.41, 5.74) is 5.69. The van der Waals surface area contributed by atoms with E-state index in [4.69, 9.17) is 5.10 Å². The molecule has 1 aliphatic heterocycles. The minimum atomic E-state index is 0.0702. The van der Waals surface area contributed by atoms with Crippen LogP contribution in [0.5, 0.6) is 0 Å². The lowest BCUT2D eigenvalue weighted by molar-refractivity contribution is 0.0688. The van der Waals surface area contributed by atoms with Crippen molar-refractivity contribution in [2.24, 2.45) is 13.0 Å². The average molecular weight is 377 g/mol. The van der Waals surface area contributed by atoms with Crippen molar-refractivity contribution >= 4 is 5.91 Å². The van der Waals surface area contributed by atoms with Gasteiger partial charge in [0.15, 0.2) is 0 Å². The fourth-order valence-electron chi connectivity index (χ4n) is 3.89. The molecule has 1 fully saturated rings. The number of carbonyl (C=O) groups is 1. The molecule has 4 rings (SSSR count). The highest BCUT2D eigenvalue weighted by molar-refractivity contribution is 5.94. The smallest absolute Gasteiger partial charge is 0.272 e. The Balaban J connectivity index is 1.81. The van der Waals surface area contributed by atoms with Gasteiger partial charge in [0.2, 0.25) is 0 Å². The first kappa shape index (κ1) is 18.5. The van der Waals surface area contributed by atoms with Gasteiger partial charge in [-0.05, 0) is 68.0 Å². The van der Waals surface area contributed by atoms with Crippen molar-refractivity contribution in [3.05, 3.63) is 59.4 Å². The molecule has 0 radical (unpaired) electrons. The summed E-state index contributed by atoms with van der Waals surface area (Å²) in [4.78, 5) is 15.4. The first-order valence-corrected chi connectivity index (χ1v) is 10.0. The lowest BCUT2D eigenvalue weighted by Crippen LogP contribution is -2.38. The van der Waals surface area contributed by atoms with E-state index in [1.807, 2.05) is 45.6 Å². The maximum absolute atomic E-state index is 13.4. The summed E-state index contributed by atoms with van der Waals surface area (Å²) < 4.78 is 3.87. The summed E-state index contributed by atoms with van der Waals surface area (Å²) in [6.45, 7) is 8.03. The number of hydrogen-bond donors (Lipinski definition) is 0. The third-order valence-electron chi connectivity index (χ3n) is 5.80. The van der Waals surface area contributed by atoms with Crippen molar-refractivity contribution in [2.45, 2.75) is 33.6 Å². The van der Waals surface area contributed by atoms with Crippen molar-refractivity contribution in [1.82, 2.24) is 19.2 Å². The second kappa shape index (κ2) is 7.30. The Labute approximate surface area is 166 Å². The van der Waals surface area contributed by atoms with Gasteiger partial charge in [0.05, 0.1) is 11.4 Å². The second-order valence-electron chi connectivity index (χ2n) is 8.10. The van der Waals surface area contributed by atoms with E-state index in [-0.39, 0.29) is 5.91 Å². The summed E-state index contributed by atoms with van der Waals surface area (Å²) in [6, 6.07) is 12.3. The maximum atomic E-state index is 13.4. The zero-order valence-electron chi connectivity index (χ0n) is 17.1. The molecular formula is C23H28N4O. The highest BCUT2D eigenvalue weighted by Gasteiger charge is 2.26. The van der Waals surface area contributed by atoms with Crippen molar-refractivity contribution < 1.29 is 4.79 Å². The summed E-state index contributed by atoms with van der Waals surface area (Å²) in [5.74, 6) is 0.757. The van der Waals surface area contributed by atoms with Crippen LogP contribution in [0, 0.1) is 19.8 Å². The monoisotopic (exact) mass is 376 g/mol. The number of carbonyl (C=O) groups excluding carboxylic acids is 1. The van der Waals surface area contributed by atoms with Crippen LogP contribution in [-0.2, 0) is 7.05 Å². The standard InChI is InChI=1S/C23H28N4O/c1-16-9-12-26(13-10-16)23(28)22-15-19(20-6-5-11-25(20)4)24-27(22)21-14-17(2)7-8-18(21)3/h5-8,11,14-16H,9-10,12-13H2,1-4H3. The van der Waals surface area contributed by atoms with Gasteiger partial charge in [-0.15, -0.1) is 0 Å². The van der Waals surface area contributed by atoms with E-state index in [9.17, 15) is 4.79 Å². The molecule has 1 saturated heterocycles. The van der Waals surface area contributed by atoms with Crippen LogP contribution in [0.2, 0.25) is 0 Å². The Hall–Kier alpha value is -2.82. The van der Waals surface area contributed by atoms with Crippen LogP contribution in [0.3, 0.4) is 0 Å². The Kier molecular flexibility index (Phi) is 4.84. The largest absolute Gasteiger partial charge is 0.349 e. The normalized spacial score (nSPS) is 15.2. The Morgan fingerprint density at radius 1 is 1.11 bits per heavy atom. The summed E-state index contributed by atoms with van der Waals surface area (Å²) in [6.07, 6.45) is 4.13. The van der Waals surface area contributed by atoms with Crippen LogP contribution >= 0.6 is 0 Å². The molecule has 0 N–H and O–H groups in total. The number of amides is 1. The van der Waals surface area contributed by atoms with E-state index in [1.165, 1.54) is 0 Å². The van der Waals surface area contributed by atoms with E-state index in [0.717, 1.165) is 54.1 Å². The van der Waals surface area contributed by atoms with Gasteiger partial charge in [0.1, 0.15) is 11.4 Å². The first-order valence-electron chi connectivity index (χ1n) is 10.0. The molecule has 5 heteroatoms. The molecule has 146 valence electrons. The molecule has 28 heavy (non-hydrogen) atoms. The Morgan fingerprint density at radius 3 is 2.54 bits per heavy atom. The predicted octanol–water partition coefficient (Wildman–Crippen LogP) is 4.37. The lowest BCUT2D eigenvalue weighted by atomic mass is 9.99. The minimum absolute atomic E-state index is 0.0702. The number of piperidine rings is 1. The summed E-state index contributed by atoms with van der Waals surface area (Å²) in [7, 11) is 2.00. The quantitative estimate of drug-likeness (QED) is 0.681. The van der Waals surface area contributed by atoms with E-state index in [1.54, 1.807) is 0 Å². The molecule has 5 nitrogen and oxygen atoms in total. The topological polar surface area (TPSA) is 43.1 Å². The maximum Gasteiger partial charge on any atom is 0.272 e. The van der Waals surface area contributed by atoms with Crippen LogP contribution in [0.25, 0.3) is 17.1 Å². The summed E-state index contributed by atoms with van der Waals surface area (Å²) in [5, 5.41) is 4.86. The number of aryl methyl sites for hydroxylation is 3. The van der Waals surface area contributed by atoms with Crippen LogP contribution in [0.4, 0.5) is 0 Å². The number of hydrogen-bond acceptors (Lipinski definition) is 2. The van der Waals surface area contributed by atoms with Crippen molar-refractivity contribution in [3.63, 3.8) is 0 Å². The van der Waals surface area contributed by atoms with E-state index < -0.39 is 0 Å². The molecule has 1 aromatic carbocycles. The highest BCUT2D eigenvalue weighted by atomic mass is 16.2. The summed E-state index contributed by atoms with van der Waals surface area (Å²) >= 11 is 0. The average Bonchev–Trinajstić information content (AvgIpc) is 3.30. The van der Waals surface area contributed by atoms with Crippen LogP contribution in [0.15, 0.2) is 42.6 Å². The van der Waals surface area contributed by atoms with Crippen molar-refractivity contribution in [1.29, 1.82) is 0 Å². The van der Waals surface area contributed by atoms with Gasteiger partial charge < -0.3 is 9.47 Å². The molecule has 0 unspecified atom stereocenters. The van der Waals surface area contributed by atoms with Crippen molar-refractivity contribution in [2.75, 3.05) is 13.1 Å². The van der Waals surface area contributed by atoms with E-state index in [2.05, 4.69) is 39.0 Å². The molecule has 0 bridgehead atoms. The zero-order chi connectivity index (χ0) is 19.8. The molecule has 0 atom stereocenters. The van der Waals surface area contributed by atoms with Crippen LogP contribution < -0.4 is 0 Å². The first-order chi connectivity index (χ1) is 13.4. The number of aromatic nitrogens is 3. The number of rotatable bonds is 3. The predicted molar refractivity (Wildman–Crippen MR) is 112 cm³/mol. The van der Waals surface area contributed by atoms with Gasteiger partial charge in [0, 0.05) is 26.3 Å². The molecule has 0 aliphatic carbocycles. The molecular weight excluding hydrogens is 348 g/mol. The van der Waals surface area contributed by atoms with Crippen LogP contribution in [0.1, 0.15) is 41.4 Å². The van der Waals surface area contributed by atoms with Gasteiger partial charge in [-0.2, -0.15) is 5.10 Å². The Morgan fingerprint density at radius 2 is 1.86 bits per heavy atom. The zero-order valence-corrected chi connectivity index (χ0v) is 17.1. The minimum Gasteiger partial charge on any atom is -0.349 e. The van der Waals surface area contributed by atoms with Crippen LogP contribution in [-0.4, -0.2) is 38.2 Å². The second-order valence-corrected chi connectivity index (χ2v) is 8.10.